The summed E-state index contributed by atoms with van der Waals surface area (Å²) in [5.74, 6) is -0.898. The summed E-state index contributed by atoms with van der Waals surface area (Å²) >= 11 is 0. The smallest absolute Gasteiger partial charge is 0.354 e. The maximum Gasteiger partial charge on any atom is 0.354 e. The number of carboxylic acids is 1. The summed E-state index contributed by atoms with van der Waals surface area (Å²) in [6.07, 6.45) is 1.40. The largest absolute Gasteiger partial charge is 0.477 e. The highest BCUT2D eigenvalue weighted by atomic mass is 16.5. The van der Waals surface area contributed by atoms with Gasteiger partial charge in [0.2, 0.25) is 0 Å². The van der Waals surface area contributed by atoms with Crippen LogP contribution in [0.25, 0.3) is 0 Å². The minimum Gasteiger partial charge on any atom is -0.477 e. The van der Waals surface area contributed by atoms with Gasteiger partial charge in [-0.05, 0) is 18.6 Å². The number of aryl methyl sites for hydroxylation is 1. The molecule has 0 fully saturated rings. The fraction of sp³-hybridized carbons (Fsp3) is 0.167. The number of pyridine rings is 1. The lowest BCUT2D eigenvalue weighted by atomic mass is 10.2. The van der Waals surface area contributed by atoms with Gasteiger partial charge in [-0.25, -0.2) is 9.78 Å². The molecule has 7 nitrogen and oxygen atoms in total. The molecular formula is C12H11N3O4. The van der Waals surface area contributed by atoms with Gasteiger partial charge in [-0.15, -0.1) is 0 Å². The Morgan fingerprint density at radius 3 is 2.68 bits per heavy atom. The fourth-order valence-electron chi connectivity index (χ4n) is 1.40. The molecule has 2 rings (SSSR count). The second-order valence-electron chi connectivity index (χ2n) is 3.86. The molecule has 0 aromatic carbocycles. The Labute approximate surface area is 108 Å². The molecule has 2 aromatic heterocycles. The molecule has 19 heavy (non-hydrogen) atoms. The number of rotatable bonds is 4. The van der Waals surface area contributed by atoms with Crippen LogP contribution in [0.2, 0.25) is 0 Å². The lowest BCUT2D eigenvalue weighted by Crippen LogP contribution is -2.23. The molecule has 2 aromatic rings. The highest BCUT2D eigenvalue weighted by molar-refractivity contribution is 5.92. The number of nitrogens with one attached hydrogen (secondary N) is 1. The SMILES string of the molecule is Cc1cc(C(=O)NCc2ccc(C(=O)O)nc2)no1. The summed E-state index contributed by atoms with van der Waals surface area (Å²) < 4.78 is 4.79. The molecule has 2 heterocycles. The Morgan fingerprint density at radius 2 is 2.16 bits per heavy atom. The summed E-state index contributed by atoms with van der Waals surface area (Å²) in [6, 6.07) is 4.50. The van der Waals surface area contributed by atoms with E-state index in [0.29, 0.717) is 11.3 Å². The first kappa shape index (κ1) is 12.7. The Hall–Kier alpha value is -2.70. The van der Waals surface area contributed by atoms with Crippen molar-refractivity contribution < 1.29 is 19.2 Å². The predicted molar refractivity (Wildman–Crippen MR) is 63.6 cm³/mol. The Balaban J connectivity index is 1.95. The van der Waals surface area contributed by atoms with Crippen molar-refractivity contribution in [3.8, 4) is 0 Å². The molecule has 0 aliphatic rings. The van der Waals surface area contributed by atoms with E-state index < -0.39 is 5.97 Å². The van der Waals surface area contributed by atoms with Crippen LogP contribution >= 0.6 is 0 Å². The second kappa shape index (κ2) is 5.30. The molecule has 0 aliphatic heterocycles. The first-order valence-electron chi connectivity index (χ1n) is 5.46. The van der Waals surface area contributed by atoms with Gasteiger partial charge in [0.15, 0.2) is 5.69 Å². The van der Waals surface area contributed by atoms with E-state index in [1.54, 1.807) is 13.0 Å². The lowest BCUT2D eigenvalue weighted by molar-refractivity contribution is 0.0690. The molecule has 0 saturated carbocycles. The van der Waals surface area contributed by atoms with Gasteiger partial charge in [-0.2, -0.15) is 0 Å². The topological polar surface area (TPSA) is 105 Å². The Morgan fingerprint density at radius 1 is 1.37 bits per heavy atom. The van der Waals surface area contributed by atoms with Crippen LogP contribution in [0.5, 0.6) is 0 Å². The van der Waals surface area contributed by atoms with Gasteiger partial charge in [-0.1, -0.05) is 11.2 Å². The standard InChI is InChI=1S/C12H11N3O4/c1-7-4-10(15-19-7)11(16)14-6-8-2-3-9(12(17)18)13-5-8/h2-5H,6H2,1H3,(H,14,16)(H,17,18). The molecule has 0 unspecified atom stereocenters. The molecular weight excluding hydrogens is 250 g/mol. The van der Waals surface area contributed by atoms with E-state index in [2.05, 4.69) is 15.5 Å². The van der Waals surface area contributed by atoms with Crippen LogP contribution in [-0.2, 0) is 6.54 Å². The number of aromatic nitrogens is 2. The van der Waals surface area contributed by atoms with Crippen LogP contribution in [0, 0.1) is 6.92 Å². The van der Waals surface area contributed by atoms with E-state index in [1.165, 1.54) is 18.3 Å². The summed E-state index contributed by atoms with van der Waals surface area (Å²) in [7, 11) is 0. The maximum atomic E-state index is 11.7. The monoisotopic (exact) mass is 261 g/mol. The normalized spacial score (nSPS) is 10.2. The minimum atomic E-state index is -1.09. The maximum absolute atomic E-state index is 11.7. The van der Waals surface area contributed by atoms with Crippen molar-refractivity contribution >= 4 is 11.9 Å². The van der Waals surface area contributed by atoms with Crippen molar-refractivity contribution in [2.75, 3.05) is 0 Å². The average Bonchev–Trinajstić information content (AvgIpc) is 2.83. The average molecular weight is 261 g/mol. The number of carbonyl (C=O) groups is 2. The lowest BCUT2D eigenvalue weighted by Gasteiger charge is -2.02. The van der Waals surface area contributed by atoms with Gasteiger partial charge in [0.05, 0.1) is 0 Å². The zero-order valence-corrected chi connectivity index (χ0v) is 10.1. The van der Waals surface area contributed by atoms with Gasteiger partial charge in [0.1, 0.15) is 11.5 Å². The second-order valence-corrected chi connectivity index (χ2v) is 3.86. The van der Waals surface area contributed by atoms with Gasteiger partial charge >= 0.3 is 5.97 Å². The molecule has 0 aliphatic carbocycles. The first-order valence-corrected chi connectivity index (χ1v) is 5.46. The van der Waals surface area contributed by atoms with Gasteiger partial charge in [0.25, 0.3) is 5.91 Å². The number of hydrogen-bond acceptors (Lipinski definition) is 5. The molecule has 0 spiro atoms. The van der Waals surface area contributed by atoms with Crippen molar-refractivity contribution in [1.82, 2.24) is 15.5 Å². The first-order chi connectivity index (χ1) is 9.06. The Kier molecular flexibility index (Phi) is 3.56. The third-order valence-electron chi connectivity index (χ3n) is 2.36. The minimum absolute atomic E-state index is 0.0396. The Bertz CT molecular complexity index is 604. The molecule has 1 amide bonds. The third-order valence-corrected chi connectivity index (χ3v) is 2.36. The molecule has 7 heteroatoms. The third kappa shape index (κ3) is 3.15. The number of hydrogen-bond donors (Lipinski definition) is 2. The van der Waals surface area contributed by atoms with Gasteiger partial charge in [0, 0.05) is 18.8 Å². The van der Waals surface area contributed by atoms with Crippen LogP contribution in [0.4, 0.5) is 0 Å². The van der Waals surface area contributed by atoms with Crippen molar-refractivity contribution in [3.63, 3.8) is 0 Å². The van der Waals surface area contributed by atoms with Crippen LogP contribution in [0.1, 0.15) is 32.3 Å². The van der Waals surface area contributed by atoms with E-state index in [4.69, 9.17) is 9.63 Å². The van der Waals surface area contributed by atoms with Crippen LogP contribution in [-0.4, -0.2) is 27.1 Å². The van der Waals surface area contributed by atoms with E-state index in [1.807, 2.05) is 0 Å². The van der Waals surface area contributed by atoms with E-state index in [0.717, 1.165) is 0 Å². The molecule has 0 bridgehead atoms. The quantitative estimate of drug-likeness (QED) is 0.850. The zero-order valence-electron chi connectivity index (χ0n) is 10.1. The number of carbonyl (C=O) groups excluding carboxylic acids is 1. The molecule has 0 radical (unpaired) electrons. The van der Waals surface area contributed by atoms with Crippen molar-refractivity contribution in [2.24, 2.45) is 0 Å². The van der Waals surface area contributed by atoms with E-state index in [9.17, 15) is 9.59 Å². The number of carboxylic acid groups (broad SMARTS) is 1. The van der Waals surface area contributed by atoms with Crippen molar-refractivity contribution in [3.05, 3.63) is 47.1 Å². The molecule has 0 saturated heterocycles. The highest BCUT2D eigenvalue weighted by Crippen LogP contribution is 2.03. The van der Waals surface area contributed by atoms with E-state index >= 15 is 0 Å². The zero-order chi connectivity index (χ0) is 13.8. The number of amides is 1. The molecule has 98 valence electrons. The highest BCUT2D eigenvalue weighted by Gasteiger charge is 2.10. The summed E-state index contributed by atoms with van der Waals surface area (Å²) in [5, 5.41) is 14.9. The summed E-state index contributed by atoms with van der Waals surface area (Å²) in [6.45, 7) is 1.93. The summed E-state index contributed by atoms with van der Waals surface area (Å²) in [4.78, 5) is 26.0. The fourth-order valence-corrected chi connectivity index (χ4v) is 1.40. The summed E-state index contributed by atoms with van der Waals surface area (Å²) in [5.41, 5.74) is 0.855. The molecule has 2 N–H and O–H groups in total. The van der Waals surface area contributed by atoms with Crippen LogP contribution in [0.15, 0.2) is 28.9 Å². The van der Waals surface area contributed by atoms with Crippen molar-refractivity contribution in [1.29, 1.82) is 0 Å². The molecule has 0 atom stereocenters. The van der Waals surface area contributed by atoms with Gasteiger partial charge < -0.3 is 14.9 Å². The van der Waals surface area contributed by atoms with Crippen LogP contribution < -0.4 is 5.32 Å². The van der Waals surface area contributed by atoms with E-state index in [-0.39, 0.29) is 23.8 Å². The van der Waals surface area contributed by atoms with Gasteiger partial charge in [-0.3, -0.25) is 4.79 Å². The predicted octanol–water partition coefficient (Wildman–Crippen LogP) is 1.01. The van der Waals surface area contributed by atoms with Crippen LogP contribution in [0.3, 0.4) is 0 Å². The number of aromatic carboxylic acids is 1. The number of nitrogens with zero attached hydrogens (tertiary/aromatic N) is 2. The van der Waals surface area contributed by atoms with Crippen molar-refractivity contribution in [2.45, 2.75) is 13.5 Å².